The van der Waals surface area contributed by atoms with Crippen molar-refractivity contribution in [3.8, 4) is 5.75 Å². The molecule has 0 radical (unpaired) electrons. The number of alkyl carbamates (subject to hydrolysis) is 1. The van der Waals surface area contributed by atoms with E-state index in [1.165, 1.54) is 0 Å². The van der Waals surface area contributed by atoms with E-state index in [1.54, 1.807) is 18.2 Å². The van der Waals surface area contributed by atoms with E-state index in [4.69, 9.17) is 16.3 Å². The third kappa shape index (κ3) is 5.01. The standard InChI is InChI=1S/C17H25ClN2O3/c1-16(2,3)23-15(22)20-17(8-5-9-17)11-19-10-12-13(18)6-4-7-14(12)21/h4,6-7,19,21H,5,8-11H2,1-3H3,(H,20,22). The number of ether oxygens (including phenoxy) is 1. The Balaban J connectivity index is 1.88. The molecule has 1 aromatic carbocycles. The van der Waals surface area contributed by atoms with Crippen LogP contribution in [-0.4, -0.2) is 28.9 Å². The maximum absolute atomic E-state index is 12.0. The van der Waals surface area contributed by atoms with Gasteiger partial charge in [-0.05, 0) is 52.2 Å². The van der Waals surface area contributed by atoms with Gasteiger partial charge >= 0.3 is 6.09 Å². The largest absolute Gasteiger partial charge is 0.508 e. The summed E-state index contributed by atoms with van der Waals surface area (Å²) in [6.07, 6.45) is 2.51. The number of carbonyl (C=O) groups excluding carboxylic acids is 1. The molecule has 2 rings (SSSR count). The molecule has 0 heterocycles. The van der Waals surface area contributed by atoms with E-state index < -0.39 is 5.60 Å². The molecule has 0 aliphatic heterocycles. The van der Waals surface area contributed by atoms with Crippen molar-refractivity contribution in [3.63, 3.8) is 0 Å². The van der Waals surface area contributed by atoms with E-state index in [-0.39, 0.29) is 17.4 Å². The van der Waals surface area contributed by atoms with Gasteiger partial charge in [0.05, 0.1) is 5.54 Å². The number of phenols is 1. The number of hydrogen-bond acceptors (Lipinski definition) is 4. The highest BCUT2D eigenvalue weighted by atomic mass is 35.5. The molecule has 23 heavy (non-hydrogen) atoms. The van der Waals surface area contributed by atoms with Gasteiger partial charge in [-0.2, -0.15) is 0 Å². The molecule has 1 saturated carbocycles. The molecule has 0 bridgehead atoms. The van der Waals surface area contributed by atoms with Crippen molar-refractivity contribution < 1.29 is 14.6 Å². The van der Waals surface area contributed by atoms with Gasteiger partial charge in [-0.3, -0.25) is 0 Å². The normalized spacial score (nSPS) is 16.5. The Morgan fingerprint density at radius 1 is 1.39 bits per heavy atom. The van der Waals surface area contributed by atoms with Gasteiger partial charge in [-0.1, -0.05) is 17.7 Å². The van der Waals surface area contributed by atoms with Crippen LogP contribution in [0.3, 0.4) is 0 Å². The number of benzene rings is 1. The average molecular weight is 341 g/mol. The fourth-order valence-electron chi connectivity index (χ4n) is 2.62. The molecule has 5 nitrogen and oxygen atoms in total. The summed E-state index contributed by atoms with van der Waals surface area (Å²) in [5.41, 5.74) is -0.119. The van der Waals surface area contributed by atoms with Gasteiger partial charge in [0.25, 0.3) is 0 Å². The predicted octanol–water partition coefficient (Wildman–Crippen LogP) is 3.58. The summed E-state index contributed by atoms with van der Waals surface area (Å²) in [6, 6.07) is 5.07. The first kappa shape index (κ1) is 17.9. The molecule has 3 N–H and O–H groups in total. The molecule has 1 amide bonds. The summed E-state index contributed by atoms with van der Waals surface area (Å²) < 4.78 is 5.33. The molecule has 0 aromatic heterocycles. The fraction of sp³-hybridized carbons (Fsp3) is 0.588. The van der Waals surface area contributed by atoms with Crippen LogP contribution in [0.5, 0.6) is 5.75 Å². The third-order valence-corrected chi connectivity index (χ3v) is 4.29. The van der Waals surface area contributed by atoms with Gasteiger partial charge in [0.1, 0.15) is 11.4 Å². The number of phenolic OH excluding ortho intramolecular Hbond substituents is 1. The van der Waals surface area contributed by atoms with E-state index in [1.807, 2.05) is 20.8 Å². The molecule has 0 unspecified atom stereocenters. The quantitative estimate of drug-likeness (QED) is 0.766. The predicted molar refractivity (Wildman–Crippen MR) is 90.8 cm³/mol. The van der Waals surface area contributed by atoms with Crippen molar-refractivity contribution in [1.29, 1.82) is 0 Å². The van der Waals surface area contributed by atoms with Gasteiger partial charge in [0.2, 0.25) is 0 Å². The lowest BCUT2D eigenvalue weighted by atomic mass is 9.76. The van der Waals surface area contributed by atoms with Crippen molar-refractivity contribution in [3.05, 3.63) is 28.8 Å². The second-order valence-electron chi connectivity index (χ2n) is 7.10. The van der Waals surface area contributed by atoms with Crippen LogP contribution < -0.4 is 10.6 Å². The molecule has 0 spiro atoms. The first-order valence-electron chi connectivity index (χ1n) is 7.89. The van der Waals surface area contributed by atoms with Crippen LogP contribution in [0.1, 0.15) is 45.6 Å². The summed E-state index contributed by atoms with van der Waals surface area (Å²) in [7, 11) is 0. The van der Waals surface area contributed by atoms with E-state index >= 15 is 0 Å². The Morgan fingerprint density at radius 3 is 2.61 bits per heavy atom. The summed E-state index contributed by atoms with van der Waals surface area (Å²) in [4.78, 5) is 12.0. The van der Waals surface area contributed by atoms with Crippen molar-refractivity contribution in [1.82, 2.24) is 10.6 Å². The zero-order chi connectivity index (χ0) is 17.1. The number of amides is 1. The maximum atomic E-state index is 12.0. The summed E-state index contributed by atoms with van der Waals surface area (Å²) in [5, 5.41) is 16.6. The first-order chi connectivity index (χ1) is 10.7. The minimum Gasteiger partial charge on any atom is -0.508 e. The summed E-state index contributed by atoms with van der Waals surface area (Å²) >= 11 is 6.09. The number of carbonyl (C=O) groups is 1. The second kappa shape index (κ2) is 6.97. The van der Waals surface area contributed by atoms with Crippen molar-refractivity contribution in [2.24, 2.45) is 0 Å². The molecule has 6 heteroatoms. The molecule has 1 aliphatic carbocycles. The maximum Gasteiger partial charge on any atom is 0.408 e. The number of aromatic hydroxyl groups is 1. The smallest absolute Gasteiger partial charge is 0.408 e. The minimum atomic E-state index is -0.508. The Labute approximate surface area is 142 Å². The molecular weight excluding hydrogens is 316 g/mol. The van der Waals surface area contributed by atoms with Crippen LogP contribution in [0.25, 0.3) is 0 Å². The second-order valence-corrected chi connectivity index (χ2v) is 7.51. The summed E-state index contributed by atoms with van der Waals surface area (Å²) in [6.45, 7) is 6.59. The topological polar surface area (TPSA) is 70.6 Å². The van der Waals surface area contributed by atoms with Gasteiger partial charge in [-0.15, -0.1) is 0 Å². The van der Waals surface area contributed by atoms with E-state index in [2.05, 4.69) is 10.6 Å². The van der Waals surface area contributed by atoms with Crippen LogP contribution in [-0.2, 0) is 11.3 Å². The molecule has 128 valence electrons. The highest BCUT2D eigenvalue weighted by Gasteiger charge is 2.39. The van der Waals surface area contributed by atoms with Gasteiger partial charge in [0.15, 0.2) is 0 Å². The number of halogens is 1. The first-order valence-corrected chi connectivity index (χ1v) is 8.27. The molecule has 0 atom stereocenters. The Morgan fingerprint density at radius 2 is 2.09 bits per heavy atom. The summed E-state index contributed by atoms with van der Waals surface area (Å²) in [5.74, 6) is 0.174. The van der Waals surface area contributed by atoms with Gasteiger partial charge in [0, 0.05) is 23.7 Å². The van der Waals surface area contributed by atoms with E-state index in [0.717, 1.165) is 19.3 Å². The Bertz CT molecular complexity index is 545. The van der Waals surface area contributed by atoms with Crippen LogP contribution in [0.2, 0.25) is 5.02 Å². The van der Waals surface area contributed by atoms with Crippen LogP contribution in [0.4, 0.5) is 4.79 Å². The number of nitrogens with one attached hydrogen (secondary N) is 2. The van der Waals surface area contributed by atoms with Crippen LogP contribution in [0, 0.1) is 0 Å². The van der Waals surface area contributed by atoms with Crippen LogP contribution in [0.15, 0.2) is 18.2 Å². The number of hydrogen-bond donors (Lipinski definition) is 3. The zero-order valence-electron chi connectivity index (χ0n) is 13.9. The van der Waals surface area contributed by atoms with E-state index in [0.29, 0.717) is 23.7 Å². The SMILES string of the molecule is CC(C)(C)OC(=O)NC1(CNCc2c(O)cccc2Cl)CCC1. The van der Waals surface area contributed by atoms with E-state index in [9.17, 15) is 9.90 Å². The lowest BCUT2D eigenvalue weighted by Gasteiger charge is -2.42. The highest BCUT2D eigenvalue weighted by molar-refractivity contribution is 6.31. The average Bonchev–Trinajstić information content (AvgIpc) is 2.36. The molecular formula is C17H25ClN2O3. The van der Waals surface area contributed by atoms with Gasteiger partial charge < -0.3 is 20.5 Å². The lowest BCUT2D eigenvalue weighted by molar-refractivity contribution is 0.0382. The van der Waals surface area contributed by atoms with Crippen LogP contribution >= 0.6 is 11.6 Å². The van der Waals surface area contributed by atoms with Gasteiger partial charge in [-0.25, -0.2) is 4.79 Å². The number of rotatable bonds is 5. The fourth-order valence-corrected chi connectivity index (χ4v) is 2.86. The van der Waals surface area contributed by atoms with Crippen molar-refractivity contribution in [2.75, 3.05) is 6.54 Å². The molecule has 1 aliphatic rings. The van der Waals surface area contributed by atoms with Crippen molar-refractivity contribution in [2.45, 2.75) is 57.7 Å². The highest BCUT2D eigenvalue weighted by Crippen LogP contribution is 2.32. The minimum absolute atomic E-state index is 0.174. The zero-order valence-corrected chi connectivity index (χ0v) is 14.7. The third-order valence-electron chi connectivity index (χ3n) is 3.94. The monoisotopic (exact) mass is 340 g/mol. The van der Waals surface area contributed by atoms with Crippen molar-refractivity contribution >= 4 is 17.7 Å². The lowest BCUT2D eigenvalue weighted by Crippen LogP contribution is -2.59. The Hall–Kier alpha value is -1.46. The molecule has 1 fully saturated rings. The Kier molecular flexibility index (Phi) is 5.42. The molecule has 0 saturated heterocycles. The molecule has 1 aromatic rings.